The van der Waals surface area contributed by atoms with Crippen molar-refractivity contribution in [3.05, 3.63) is 10.8 Å². The van der Waals surface area contributed by atoms with Crippen LogP contribution in [-0.4, -0.2) is 21.9 Å². The van der Waals surface area contributed by atoms with Crippen LogP contribution in [0.3, 0.4) is 0 Å². The van der Waals surface area contributed by atoms with Gasteiger partial charge in [-0.25, -0.2) is 4.98 Å². The average molecular weight is 186 g/mol. The van der Waals surface area contributed by atoms with Crippen molar-refractivity contribution in [3.8, 4) is 0 Å². The molecule has 12 heavy (non-hydrogen) atoms. The van der Waals surface area contributed by atoms with Crippen LogP contribution in [-0.2, 0) is 4.74 Å². The molecule has 1 rings (SSSR count). The number of hydrogen-bond donors (Lipinski definition) is 1. The van der Waals surface area contributed by atoms with Crippen LogP contribution in [0.2, 0.25) is 0 Å². The summed E-state index contributed by atoms with van der Waals surface area (Å²) in [6, 6.07) is 0. The van der Waals surface area contributed by atoms with E-state index < -0.39 is 0 Å². The molecule has 0 amide bonds. The number of ether oxygens (including phenoxy) is 1. The summed E-state index contributed by atoms with van der Waals surface area (Å²) >= 11 is 1.23. The molecule has 0 aliphatic heterocycles. The Kier molecular flexibility index (Phi) is 2.98. The van der Waals surface area contributed by atoms with Crippen molar-refractivity contribution in [2.45, 2.75) is 13.8 Å². The molecule has 2 N–H and O–H groups in total. The summed E-state index contributed by atoms with van der Waals surface area (Å²) in [5, 5.41) is 4.09. The third-order valence-corrected chi connectivity index (χ3v) is 1.90. The van der Waals surface area contributed by atoms with Gasteiger partial charge >= 0.3 is 0 Å². The van der Waals surface area contributed by atoms with E-state index in [1.54, 1.807) is 6.92 Å². The second-order valence-electron chi connectivity index (χ2n) is 2.01. The predicted molar refractivity (Wildman–Crippen MR) is 47.0 cm³/mol. The van der Waals surface area contributed by atoms with Gasteiger partial charge in [0.05, 0.1) is 6.61 Å². The quantitative estimate of drug-likeness (QED) is 0.316. The highest BCUT2D eigenvalue weighted by molar-refractivity contribution is 7.07. The van der Waals surface area contributed by atoms with Crippen molar-refractivity contribution in [2.24, 2.45) is 10.9 Å². The van der Waals surface area contributed by atoms with Crippen molar-refractivity contribution >= 4 is 17.4 Å². The number of hydrazone groups is 1. The Balaban J connectivity index is 2.81. The zero-order valence-corrected chi connectivity index (χ0v) is 7.76. The first kappa shape index (κ1) is 8.92. The Morgan fingerprint density at radius 3 is 2.92 bits per heavy atom. The molecule has 0 aliphatic carbocycles. The molecule has 6 heteroatoms. The molecule has 0 atom stereocenters. The van der Waals surface area contributed by atoms with Gasteiger partial charge in [-0.3, -0.25) is 0 Å². The van der Waals surface area contributed by atoms with E-state index in [4.69, 9.17) is 10.6 Å². The third-order valence-electron chi connectivity index (χ3n) is 1.11. The highest BCUT2D eigenvalue weighted by atomic mass is 32.1. The molecule has 0 fully saturated rings. The molecule has 0 bridgehead atoms. The van der Waals surface area contributed by atoms with E-state index in [-0.39, 0.29) is 0 Å². The van der Waals surface area contributed by atoms with Gasteiger partial charge in [0.15, 0.2) is 5.01 Å². The molecule has 1 aromatic heterocycles. The average Bonchev–Trinajstić information content (AvgIpc) is 2.47. The second kappa shape index (κ2) is 4.01. The van der Waals surface area contributed by atoms with Crippen molar-refractivity contribution in [2.75, 3.05) is 6.61 Å². The van der Waals surface area contributed by atoms with Crippen molar-refractivity contribution < 1.29 is 4.74 Å². The summed E-state index contributed by atoms with van der Waals surface area (Å²) < 4.78 is 9.11. The van der Waals surface area contributed by atoms with Gasteiger partial charge in [-0.05, 0) is 25.4 Å². The molecule has 1 aromatic rings. The van der Waals surface area contributed by atoms with E-state index in [0.29, 0.717) is 23.3 Å². The van der Waals surface area contributed by atoms with E-state index in [2.05, 4.69) is 14.5 Å². The van der Waals surface area contributed by atoms with Gasteiger partial charge in [-0.2, -0.15) is 4.37 Å². The molecule has 66 valence electrons. The number of nitrogens with two attached hydrogens (primary N) is 1. The van der Waals surface area contributed by atoms with Crippen LogP contribution in [0.15, 0.2) is 5.10 Å². The van der Waals surface area contributed by atoms with E-state index >= 15 is 0 Å². The van der Waals surface area contributed by atoms with E-state index in [0.717, 1.165) is 0 Å². The summed E-state index contributed by atoms with van der Waals surface area (Å²) in [5.74, 6) is 6.16. The van der Waals surface area contributed by atoms with Crippen LogP contribution >= 0.6 is 11.5 Å². The Morgan fingerprint density at radius 2 is 2.50 bits per heavy atom. The number of hydrogen-bond acceptors (Lipinski definition) is 6. The van der Waals surface area contributed by atoms with E-state index in [9.17, 15) is 0 Å². The maximum absolute atomic E-state index is 5.12. The fraction of sp³-hybridized carbons (Fsp3) is 0.500. The minimum Gasteiger partial charge on any atom is -0.475 e. The Labute approximate surface area is 74.4 Å². The van der Waals surface area contributed by atoms with Gasteiger partial charge in [0.25, 0.3) is 5.90 Å². The second-order valence-corrected chi connectivity index (χ2v) is 2.77. The number of aryl methyl sites for hydroxylation is 1. The maximum atomic E-state index is 5.12. The van der Waals surface area contributed by atoms with Crippen molar-refractivity contribution in [1.82, 2.24) is 9.36 Å². The maximum Gasteiger partial charge on any atom is 0.268 e. The Hall–Kier alpha value is -1.17. The van der Waals surface area contributed by atoms with E-state index in [1.165, 1.54) is 11.5 Å². The summed E-state index contributed by atoms with van der Waals surface area (Å²) in [7, 11) is 0. The number of aromatic nitrogens is 2. The van der Waals surface area contributed by atoms with Crippen LogP contribution < -0.4 is 5.84 Å². The lowest BCUT2D eigenvalue weighted by Crippen LogP contribution is -2.08. The fourth-order valence-electron chi connectivity index (χ4n) is 0.675. The molecule has 1 heterocycles. The monoisotopic (exact) mass is 186 g/mol. The molecule has 0 unspecified atom stereocenters. The zero-order valence-electron chi connectivity index (χ0n) is 6.94. The van der Waals surface area contributed by atoms with Gasteiger partial charge in [0, 0.05) is 0 Å². The number of rotatable bonds is 2. The van der Waals surface area contributed by atoms with Crippen LogP contribution in [0.4, 0.5) is 0 Å². The molecular weight excluding hydrogens is 176 g/mol. The van der Waals surface area contributed by atoms with Gasteiger partial charge in [-0.15, -0.1) is 5.10 Å². The number of nitrogens with zero attached hydrogens (tertiary/aromatic N) is 3. The largest absolute Gasteiger partial charge is 0.475 e. The summed E-state index contributed by atoms with van der Waals surface area (Å²) in [6.45, 7) is 4.19. The minimum absolute atomic E-state index is 0.350. The van der Waals surface area contributed by atoms with Gasteiger partial charge in [0.2, 0.25) is 0 Å². The van der Waals surface area contributed by atoms with Crippen molar-refractivity contribution in [1.29, 1.82) is 0 Å². The lowest BCUT2D eigenvalue weighted by molar-refractivity contribution is 0.327. The zero-order chi connectivity index (χ0) is 8.97. The van der Waals surface area contributed by atoms with Gasteiger partial charge < -0.3 is 10.6 Å². The Bertz CT molecular complexity index is 283. The normalized spacial score (nSPS) is 11.7. The van der Waals surface area contributed by atoms with E-state index in [1.807, 2.05) is 6.92 Å². The van der Waals surface area contributed by atoms with Crippen LogP contribution in [0.25, 0.3) is 0 Å². The highest BCUT2D eigenvalue weighted by Gasteiger charge is 2.08. The van der Waals surface area contributed by atoms with Crippen molar-refractivity contribution in [3.63, 3.8) is 0 Å². The lowest BCUT2D eigenvalue weighted by atomic mass is 10.6. The van der Waals surface area contributed by atoms with Crippen LogP contribution in [0.5, 0.6) is 0 Å². The first-order chi connectivity index (χ1) is 5.77. The first-order valence-electron chi connectivity index (χ1n) is 3.49. The SMILES string of the molecule is CCO/C(=N\N)c1nc(C)ns1. The molecule has 0 saturated heterocycles. The molecule has 0 saturated carbocycles. The lowest BCUT2D eigenvalue weighted by Gasteiger charge is -1.99. The smallest absolute Gasteiger partial charge is 0.268 e. The fourth-order valence-corrected chi connectivity index (χ4v) is 1.30. The highest BCUT2D eigenvalue weighted by Crippen LogP contribution is 2.05. The summed E-state index contributed by atoms with van der Waals surface area (Å²) in [4.78, 5) is 4.07. The van der Waals surface area contributed by atoms with Crippen LogP contribution in [0.1, 0.15) is 17.8 Å². The molecule has 5 nitrogen and oxygen atoms in total. The molecule has 0 radical (unpaired) electrons. The standard InChI is InChI=1S/C6H10N4OS/c1-3-11-5(9-7)6-8-4(2)10-12-6/h3,7H2,1-2H3/b9-5-. The summed E-state index contributed by atoms with van der Waals surface area (Å²) in [6.07, 6.45) is 0. The van der Waals surface area contributed by atoms with Gasteiger partial charge in [0.1, 0.15) is 5.82 Å². The molecule has 0 aromatic carbocycles. The summed E-state index contributed by atoms with van der Waals surface area (Å²) in [5.41, 5.74) is 0. The van der Waals surface area contributed by atoms with Gasteiger partial charge in [-0.1, -0.05) is 0 Å². The first-order valence-corrected chi connectivity index (χ1v) is 4.26. The predicted octanol–water partition coefficient (Wildman–Crippen LogP) is 0.503. The Morgan fingerprint density at radius 1 is 1.75 bits per heavy atom. The molecule has 0 aliphatic rings. The molecule has 0 spiro atoms. The molecular formula is C6H10N4OS. The van der Waals surface area contributed by atoms with Crippen LogP contribution in [0, 0.1) is 6.92 Å². The topological polar surface area (TPSA) is 73.4 Å². The minimum atomic E-state index is 0.350. The third kappa shape index (κ3) is 1.91.